The lowest BCUT2D eigenvalue weighted by molar-refractivity contribution is -0.118. The normalized spacial score (nSPS) is 10.9. The van der Waals surface area contributed by atoms with E-state index in [0.29, 0.717) is 25.8 Å². The van der Waals surface area contributed by atoms with Crippen LogP contribution in [0, 0.1) is 0 Å². The molecule has 6 heteroatoms. The highest BCUT2D eigenvalue weighted by molar-refractivity contribution is 5.73. The number of carbonyl (C=O) groups excluding carboxylic acids is 2. The van der Waals surface area contributed by atoms with Crippen molar-refractivity contribution in [1.29, 1.82) is 0 Å². The molecule has 0 radical (unpaired) electrons. The number of nitrogens with two attached hydrogens (primary N) is 1. The number of hydrogen-bond donors (Lipinski definition) is 3. The second kappa shape index (κ2) is 7.05. The number of amides is 3. The van der Waals surface area contributed by atoms with Crippen molar-refractivity contribution in [3.05, 3.63) is 0 Å². The van der Waals surface area contributed by atoms with E-state index in [4.69, 9.17) is 10.6 Å². The smallest absolute Gasteiger partial charge is 0.338 e. The predicted octanol–water partition coefficient (Wildman–Crippen LogP) is 0.671. The number of rotatable bonds is 6. The molecular weight excluding hydrogens is 210 g/mol. The van der Waals surface area contributed by atoms with Gasteiger partial charge < -0.3 is 11.1 Å². The Morgan fingerprint density at radius 2 is 1.88 bits per heavy atom. The molecule has 6 nitrogen and oxygen atoms in total. The maximum absolute atomic E-state index is 11.1. The summed E-state index contributed by atoms with van der Waals surface area (Å²) in [5, 5.41) is 2.60. The Hall–Kier alpha value is -1.30. The fourth-order valence-electron chi connectivity index (χ4n) is 0.862. The number of unbranched alkanes of at least 4 members (excludes halogenated alkanes) is 1. The molecule has 0 saturated heterocycles. The Bertz CT molecular complexity index is 236. The highest BCUT2D eigenvalue weighted by Gasteiger charge is 2.12. The molecule has 4 N–H and O–H groups in total. The molecule has 0 bridgehead atoms. The lowest BCUT2D eigenvalue weighted by atomic mass is 10.2. The zero-order valence-corrected chi connectivity index (χ0v) is 10.1. The monoisotopic (exact) mass is 231 g/mol. The number of carbonyl (C=O) groups is 2. The van der Waals surface area contributed by atoms with Gasteiger partial charge >= 0.3 is 6.03 Å². The minimum atomic E-state index is -0.413. The van der Waals surface area contributed by atoms with Crippen molar-refractivity contribution in [2.24, 2.45) is 5.73 Å². The van der Waals surface area contributed by atoms with Crippen LogP contribution in [0.2, 0.25) is 0 Å². The number of primary amides is 1. The third-order valence-corrected chi connectivity index (χ3v) is 1.59. The lowest BCUT2D eigenvalue weighted by Crippen LogP contribution is -2.40. The molecule has 0 atom stereocenters. The van der Waals surface area contributed by atoms with Crippen LogP contribution in [0.3, 0.4) is 0 Å². The van der Waals surface area contributed by atoms with Crippen LogP contribution in [0.15, 0.2) is 0 Å². The zero-order chi connectivity index (χ0) is 12.6. The third-order valence-electron chi connectivity index (χ3n) is 1.59. The topological polar surface area (TPSA) is 93.4 Å². The van der Waals surface area contributed by atoms with Gasteiger partial charge in [-0.25, -0.2) is 10.3 Å². The van der Waals surface area contributed by atoms with Gasteiger partial charge in [-0.15, -0.1) is 0 Å². The van der Waals surface area contributed by atoms with Crippen LogP contribution in [-0.4, -0.2) is 24.1 Å². The molecule has 0 spiro atoms. The Morgan fingerprint density at radius 3 is 2.38 bits per heavy atom. The molecule has 0 heterocycles. The summed E-state index contributed by atoms with van der Waals surface area (Å²) in [4.78, 5) is 26.6. The molecule has 0 aliphatic carbocycles. The second-order valence-corrected chi connectivity index (χ2v) is 4.50. The second-order valence-electron chi connectivity index (χ2n) is 4.50. The number of nitrogens with one attached hydrogen (secondary N) is 2. The summed E-state index contributed by atoms with van der Waals surface area (Å²) in [6, 6.07) is -0.381. The number of urea groups is 1. The van der Waals surface area contributed by atoms with Gasteiger partial charge in [0, 0.05) is 13.0 Å². The van der Waals surface area contributed by atoms with E-state index in [1.165, 1.54) is 0 Å². The molecule has 0 unspecified atom stereocenters. The molecule has 0 aromatic rings. The van der Waals surface area contributed by atoms with Crippen molar-refractivity contribution in [3.8, 4) is 0 Å². The maximum atomic E-state index is 11.1. The van der Waals surface area contributed by atoms with Gasteiger partial charge in [0.1, 0.15) is 0 Å². The summed E-state index contributed by atoms with van der Waals surface area (Å²) < 4.78 is 0. The summed E-state index contributed by atoms with van der Waals surface area (Å²) in [7, 11) is 0. The van der Waals surface area contributed by atoms with Crippen molar-refractivity contribution in [2.45, 2.75) is 45.6 Å². The van der Waals surface area contributed by atoms with E-state index < -0.39 is 5.60 Å². The van der Waals surface area contributed by atoms with Gasteiger partial charge in [0.05, 0.1) is 5.60 Å². The SMILES string of the molecule is CC(C)(C)ONC(=O)NCCCCC(N)=O. The Balaban J connectivity index is 3.41. The van der Waals surface area contributed by atoms with Gasteiger partial charge in [0.15, 0.2) is 0 Å². The van der Waals surface area contributed by atoms with Crippen molar-refractivity contribution in [1.82, 2.24) is 10.8 Å². The van der Waals surface area contributed by atoms with E-state index in [1.54, 1.807) is 0 Å². The van der Waals surface area contributed by atoms with E-state index in [1.807, 2.05) is 20.8 Å². The number of hydrogen-bond acceptors (Lipinski definition) is 3. The highest BCUT2D eigenvalue weighted by atomic mass is 16.7. The van der Waals surface area contributed by atoms with E-state index in [0.717, 1.165) is 0 Å². The minimum Gasteiger partial charge on any atom is -0.370 e. The molecule has 3 amide bonds. The molecule has 0 aromatic carbocycles. The van der Waals surface area contributed by atoms with E-state index in [2.05, 4.69) is 10.8 Å². The largest absolute Gasteiger partial charge is 0.370 e. The summed E-state index contributed by atoms with van der Waals surface area (Å²) in [5.74, 6) is -0.319. The molecule has 0 aliphatic rings. The first kappa shape index (κ1) is 14.7. The third kappa shape index (κ3) is 10.8. The van der Waals surface area contributed by atoms with Crippen molar-refractivity contribution in [3.63, 3.8) is 0 Å². The summed E-state index contributed by atoms with van der Waals surface area (Å²) in [6.45, 7) is 5.99. The molecule has 0 fully saturated rings. The van der Waals surface area contributed by atoms with Crippen LogP contribution < -0.4 is 16.5 Å². The molecule has 94 valence electrons. The van der Waals surface area contributed by atoms with Gasteiger partial charge in [-0.3, -0.25) is 9.63 Å². The van der Waals surface area contributed by atoms with Crippen LogP contribution in [0.25, 0.3) is 0 Å². The Morgan fingerprint density at radius 1 is 1.25 bits per heavy atom. The molecule has 0 aliphatic heterocycles. The average molecular weight is 231 g/mol. The van der Waals surface area contributed by atoms with Crippen LogP contribution >= 0.6 is 0 Å². The maximum Gasteiger partial charge on any atom is 0.338 e. The van der Waals surface area contributed by atoms with Gasteiger partial charge in [0.25, 0.3) is 0 Å². The van der Waals surface area contributed by atoms with Crippen LogP contribution in [0.4, 0.5) is 4.79 Å². The van der Waals surface area contributed by atoms with Gasteiger partial charge in [0.2, 0.25) is 5.91 Å². The van der Waals surface area contributed by atoms with Crippen molar-refractivity contribution in [2.75, 3.05) is 6.54 Å². The fraction of sp³-hybridized carbons (Fsp3) is 0.800. The fourth-order valence-corrected chi connectivity index (χ4v) is 0.862. The molecule has 0 rings (SSSR count). The van der Waals surface area contributed by atoms with Gasteiger partial charge in [-0.1, -0.05) is 0 Å². The first-order valence-corrected chi connectivity index (χ1v) is 5.31. The van der Waals surface area contributed by atoms with Crippen molar-refractivity contribution >= 4 is 11.9 Å². The van der Waals surface area contributed by atoms with Crippen LogP contribution in [-0.2, 0) is 9.63 Å². The number of hydroxylamine groups is 1. The molecule has 0 aromatic heterocycles. The molecule has 0 saturated carbocycles. The average Bonchev–Trinajstić information content (AvgIpc) is 2.12. The first-order valence-electron chi connectivity index (χ1n) is 5.31. The van der Waals surface area contributed by atoms with Gasteiger partial charge in [-0.05, 0) is 33.6 Å². The molecule has 16 heavy (non-hydrogen) atoms. The predicted molar refractivity (Wildman–Crippen MR) is 60.4 cm³/mol. The van der Waals surface area contributed by atoms with E-state index in [-0.39, 0.29) is 11.9 Å². The summed E-state index contributed by atoms with van der Waals surface area (Å²) in [6.07, 6.45) is 1.74. The lowest BCUT2D eigenvalue weighted by Gasteiger charge is -2.19. The first-order chi connectivity index (χ1) is 7.31. The van der Waals surface area contributed by atoms with Gasteiger partial charge in [-0.2, -0.15) is 0 Å². The molecular formula is C10H21N3O3. The summed E-state index contributed by atoms with van der Waals surface area (Å²) >= 11 is 0. The van der Waals surface area contributed by atoms with E-state index in [9.17, 15) is 9.59 Å². The summed E-state index contributed by atoms with van der Waals surface area (Å²) in [5.41, 5.74) is 6.84. The Kier molecular flexibility index (Phi) is 6.48. The quantitative estimate of drug-likeness (QED) is 0.463. The van der Waals surface area contributed by atoms with Crippen LogP contribution in [0.1, 0.15) is 40.0 Å². The Labute approximate surface area is 95.9 Å². The van der Waals surface area contributed by atoms with Crippen molar-refractivity contribution < 1.29 is 14.4 Å². The zero-order valence-electron chi connectivity index (χ0n) is 10.1. The van der Waals surface area contributed by atoms with E-state index >= 15 is 0 Å². The minimum absolute atomic E-state index is 0.319. The highest BCUT2D eigenvalue weighted by Crippen LogP contribution is 2.03. The standard InChI is InChI=1S/C10H21N3O3/c1-10(2,3)16-13-9(15)12-7-5-4-6-8(11)14/h4-7H2,1-3H3,(H2,11,14)(H2,12,13,15). The van der Waals surface area contributed by atoms with Crippen LogP contribution in [0.5, 0.6) is 0 Å².